The van der Waals surface area contributed by atoms with Gasteiger partial charge in [0, 0.05) is 16.4 Å². The molecular formula is C19H16Cl2N4O. The number of hydrogen-bond donors (Lipinski definition) is 2. The van der Waals surface area contributed by atoms with Gasteiger partial charge in [-0.15, -0.1) is 0 Å². The highest BCUT2D eigenvalue weighted by atomic mass is 35.5. The van der Waals surface area contributed by atoms with E-state index in [2.05, 4.69) is 20.6 Å². The summed E-state index contributed by atoms with van der Waals surface area (Å²) in [5.74, 6) is -0.0471. The fraction of sp³-hybridized carbons (Fsp3) is 0.105. The fourth-order valence-electron chi connectivity index (χ4n) is 2.35. The van der Waals surface area contributed by atoms with Gasteiger partial charge in [-0.2, -0.15) is 0 Å². The number of halogens is 2. The monoisotopic (exact) mass is 386 g/mol. The van der Waals surface area contributed by atoms with Crippen LogP contribution in [0.4, 0.5) is 17.3 Å². The van der Waals surface area contributed by atoms with Gasteiger partial charge in [0.2, 0.25) is 5.95 Å². The average molecular weight is 387 g/mol. The van der Waals surface area contributed by atoms with Gasteiger partial charge in [0.1, 0.15) is 5.69 Å². The summed E-state index contributed by atoms with van der Waals surface area (Å²) in [5.41, 5.74) is 3.07. The maximum Gasteiger partial charge on any atom is 0.274 e. The van der Waals surface area contributed by atoms with Gasteiger partial charge < -0.3 is 10.6 Å². The Morgan fingerprint density at radius 2 is 1.62 bits per heavy atom. The fourth-order valence-corrected chi connectivity index (χ4v) is 2.71. The molecule has 7 heteroatoms. The first-order valence-electron chi connectivity index (χ1n) is 7.88. The van der Waals surface area contributed by atoms with E-state index in [1.165, 1.54) is 0 Å². The Hall–Kier alpha value is -2.63. The summed E-state index contributed by atoms with van der Waals surface area (Å²) >= 11 is 12.2. The third-order valence-electron chi connectivity index (χ3n) is 3.72. The number of benzene rings is 2. The van der Waals surface area contributed by atoms with Crippen LogP contribution in [0.25, 0.3) is 0 Å². The van der Waals surface area contributed by atoms with E-state index in [-0.39, 0.29) is 11.6 Å². The minimum absolute atomic E-state index is 0.236. The quantitative estimate of drug-likeness (QED) is 0.629. The molecule has 3 rings (SSSR count). The zero-order valence-corrected chi connectivity index (χ0v) is 15.7. The maximum atomic E-state index is 12.5. The van der Waals surface area contributed by atoms with Crippen LogP contribution < -0.4 is 10.6 Å². The second-order valence-electron chi connectivity index (χ2n) is 5.69. The first kappa shape index (κ1) is 18.2. The van der Waals surface area contributed by atoms with Crippen LogP contribution in [-0.4, -0.2) is 15.9 Å². The van der Waals surface area contributed by atoms with Crippen LogP contribution in [0.2, 0.25) is 10.0 Å². The third kappa shape index (κ3) is 4.12. The van der Waals surface area contributed by atoms with Crippen molar-refractivity contribution in [3.63, 3.8) is 0 Å². The molecule has 0 radical (unpaired) electrons. The summed E-state index contributed by atoms with van der Waals surface area (Å²) in [6.07, 6.45) is 0. The van der Waals surface area contributed by atoms with Crippen LogP contribution in [0.3, 0.4) is 0 Å². The Labute approximate surface area is 161 Å². The van der Waals surface area contributed by atoms with Gasteiger partial charge in [0.05, 0.1) is 10.7 Å². The van der Waals surface area contributed by atoms with Gasteiger partial charge >= 0.3 is 0 Å². The van der Waals surface area contributed by atoms with Gasteiger partial charge in [0.25, 0.3) is 5.91 Å². The second-order valence-corrected chi connectivity index (χ2v) is 6.50. The molecule has 5 nitrogen and oxygen atoms in total. The molecule has 1 amide bonds. The smallest absolute Gasteiger partial charge is 0.274 e. The number of nitrogens with one attached hydrogen (secondary N) is 2. The highest BCUT2D eigenvalue weighted by molar-refractivity contribution is 6.33. The van der Waals surface area contributed by atoms with Crippen molar-refractivity contribution in [1.82, 2.24) is 9.97 Å². The summed E-state index contributed by atoms with van der Waals surface area (Å²) in [5, 5.41) is 6.96. The summed E-state index contributed by atoms with van der Waals surface area (Å²) in [6.45, 7) is 3.69. The molecular weight excluding hydrogens is 371 g/mol. The molecule has 2 aromatic carbocycles. The van der Waals surface area contributed by atoms with E-state index in [1.54, 1.807) is 37.3 Å². The molecule has 0 atom stereocenters. The molecule has 0 spiro atoms. The number of rotatable bonds is 4. The number of anilines is 3. The normalized spacial score (nSPS) is 10.5. The van der Waals surface area contributed by atoms with Gasteiger partial charge in [-0.05, 0) is 49.7 Å². The van der Waals surface area contributed by atoms with Crippen molar-refractivity contribution in [2.45, 2.75) is 13.8 Å². The van der Waals surface area contributed by atoms with E-state index in [1.807, 2.05) is 25.1 Å². The van der Waals surface area contributed by atoms with Crippen LogP contribution in [0.5, 0.6) is 0 Å². The molecule has 3 aromatic rings. The molecule has 0 unspecified atom stereocenters. The van der Waals surface area contributed by atoms with E-state index in [4.69, 9.17) is 23.2 Å². The van der Waals surface area contributed by atoms with E-state index in [0.29, 0.717) is 27.4 Å². The standard InChI is InChI=1S/C19H16Cl2N4O/c1-11-10-17(18(26)23-16-8-4-3-6-14(16)21)25-19(22-11)24-15-9-5-7-13(20)12(15)2/h3-10H,1-2H3,(H,23,26)(H,22,24,25). The number of carbonyl (C=O) groups excluding carboxylic acids is 1. The van der Waals surface area contributed by atoms with Crippen molar-refractivity contribution in [1.29, 1.82) is 0 Å². The molecule has 0 aliphatic carbocycles. The number of amides is 1. The Morgan fingerprint density at radius 1 is 0.923 bits per heavy atom. The Morgan fingerprint density at radius 3 is 2.38 bits per heavy atom. The number of nitrogens with zero attached hydrogens (tertiary/aromatic N) is 2. The molecule has 26 heavy (non-hydrogen) atoms. The number of aromatic nitrogens is 2. The Kier molecular flexibility index (Phi) is 5.40. The molecule has 2 N–H and O–H groups in total. The molecule has 0 saturated carbocycles. The van der Waals surface area contributed by atoms with E-state index in [9.17, 15) is 4.79 Å². The molecule has 132 valence electrons. The van der Waals surface area contributed by atoms with E-state index < -0.39 is 0 Å². The van der Waals surface area contributed by atoms with E-state index >= 15 is 0 Å². The topological polar surface area (TPSA) is 66.9 Å². The Balaban J connectivity index is 1.86. The summed E-state index contributed by atoms with van der Waals surface area (Å²) < 4.78 is 0. The van der Waals surface area contributed by atoms with Crippen molar-refractivity contribution in [2.24, 2.45) is 0 Å². The lowest BCUT2D eigenvalue weighted by atomic mass is 10.2. The molecule has 0 aliphatic rings. The Bertz CT molecular complexity index is 976. The molecule has 0 aliphatic heterocycles. The predicted octanol–water partition coefficient (Wildman–Crippen LogP) is 5.40. The number of para-hydroxylation sites is 1. The summed E-state index contributed by atoms with van der Waals surface area (Å²) in [4.78, 5) is 21.2. The SMILES string of the molecule is Cc1cc(C(=O)Nc2ccccc2Cl)nc(Nc2cccc(Cl)c2C)n1. The summed E-state index contributed by atoms with van der Waals surface area (Å²) in [7, 11) is 0. The first-order chi connectivity index (χ1) is 12.4. The van der Waals surface area contributed by atoms with Crippen molar-refractivity contribution in [3.8, 4) is 0 Å². The van der Waals surface area contributed by atoms with Crippen LogP contribution >= 0.6 is 23.2 Å². The number of aryl methyl sites for hydroxylation is 1. The number of carbonyl (C=O) groups is 1. The van der Waals surface area contributed by atoms with E-state index in [0.717, 1.165) is 11.3 Å². The maximum absolute atomic E-state index is 12.5. The van der Waals surface area contributed by atoms with Crippen LogP contribution in [-0.2, 0) is 0 Å². The molecule has 0 fully saturated rings. The summed E-state index contributed by atoms with van der Waals surface area (Å²) in [6, 6.07) is 14.1. The largest absolute Gasteiger partial charge is 0.324 e. The predicted molar refractivity (Wildman–Crippen MR) is 106 cm³/mol. The van der Waals surface area contributed by atoms with Crippen LogP contribution in [0, 0.1) is 13.8 Å². The number of hydrogen-bond acceptors (Lipinski definition) is 4. The van der Waals surface area contributed by atoms with Gasteiger partial charge in [-0.3, -0.25) is 4.79 Å². The first-order valence-corrected chi connectivity index (χ1v) is 8.63. The second kappa shape index (κ2) is 7.72. The van der Waals surface area contributed by atoms with Gasteiger partial charge in [-0.25, -0.2) is 9.97 Å². The lowest BCUT2D eigenvalue weighted by Crippen LogP contribution is -2.15. The highest BCUT2D eigenvalue weighted by Crippen LogP contribution is 2.25. The molecule has 1 aromatic heterocycles. The third-order valence-corrected chi connectivity index (χ3v) is 4.46. The van der Waals surface area contributed by atoms with Crippen molar-refractivity contribution in [3.05, 3.63) is 75.5 Å². The van der Waals surface area contributed by atoms with Crippen molar-refractivity contribution >= 4 is 46.4 Å². The van der Waals surface area contributed by atoms with Crippen molar-refractivity contribution in [2.75, 3.05) is 10.6 Å². The van der Waals surface area contributed by atoms with Crippen molar-refractivity contribution < 1.29 is 4.79 Å². The van der Waals surface area contributed by atoms with Gasteiger partial charge in [0.15, 0.2) is 0 Å². The average Bonchev–Trinajstić information content (AvgIpc) is 2.60. The van der Waals surface area contributed by atoms with Crippen LogP contribution in [0.15, 0.2) is 48.5 Å². The highest BCUT2D eigenvalue weighted by Gasteiger charge is 2.13. The zero-order valence-electron chi connectivity index (χ0n) is 14.2. The minimum atomic E-state index is -0.366. The minimum Gasteiger partial charge on any atom is -0.324 e. The lowest BCUT2D eigenvalue weighted by Gasteiger charge is -2.11. The lowest BCUT2D eigenvalue weighted by molar-refractivity contribution is 0.102. The molecule has 1 heterocycles. The zero-order chi connectivity index (χ0) is 18.7. The van der Waals surface area contributed by atoms with Gasteiger partial charge in [-0.1, -0.05) is 41.4 Å². The molecule has 0 bridgehead atoms. The van der Waals surface area contributed by atoms with Crippen LogP contribution in [0.1, 0.15) is 21.7 Å². The molecule has 0 saturated heterocycles.